The number of H-pyrrole nitrogens is 1. The van der Waals surface area contributed by atoms with Gasteiger partial charge in [-0.05, 0) is 18.2 Å². The van der Waals surface area contributed by atoms with E-state index in [9.17, 15) is 13.2 Å². The van der Waals surface area contributed by atoms with E-state index in [-0.39, 0.29) is 11.6 Å². The molecule has 0 atom stereocenters. The molecule has 2 aromatic rings. The fraction of sp³-hybridized carbons (Fsp3) is 0.200. The number of halogens is 3. The minimum atomic E-state index is -4.49. The second-order valence-corrected chi connectivity index (χ2v) is 3.29. The molecule has 17 heavy (non-hydrogen) atoms. The number of anilines is 1. The summed E-state index contributed by atoms with van der Waals surface area (Å²) < 4.78 is 37.8. The van der Waals surface area contributed by atoms with Crippen molar-refractivity contribution in [3.05, 3.63) is 30.1 Å². The van der Waals surface area contributed by atoms with Crippen LogP contribution in [-0.2, 0) is 6.18 Å². The van der Waals surface area contributed by atoms with E-state index < -0.39 is 11.9 Å². The average molecular weight is 242 g/mol. The molecule has 2 aromatic heterocycles. The lowest BCUT2D eigenvalue weighted by atomic mass is 10.2. The van der Waals surface area contributed by atoms with Gasteiger partial charge in [0.2, 0.25) is 5.95 Å². The second-order valence-electron chi connectivity index (χ2n) is 3.29. The van der Waals surface area contributed by atoms with Crippen molar-refractivity contribution in [1.29, 1.82) is 0 Å². The molecule has 7 heteroatoms. The number of nitrogens with one attached hydrogen (secondary N) is 2. The first-order chi connectivity index (χ1) is 8.00. The Labute approximate surface area is 94.9 Å². The van der Waals surface area contributed by atoms with Gasteiger partial charge in [-0.25, -0.2) is 9.97 Å². The van der Waals surface area contributed by atoms with Crippen molar-refractivity contribution in [2.45, 2.75) is 6.18 Å². The largest absolute Gasteiger partial charge is 0.433 e. The molecule has 0 saturated carbocycles. The molecule has 90 valence electrons. The Morgan fingerprint density at radius 1 is 1.29 bits per heavy atom. The summed E-state index contributed by atoms with van der Waals surface area (Å²) in [7, 11) is 1.47. The molecule has 2 N–H and O–H groups in total. The van der Waals surface area contributed by atoms with E-state index in [1.165, 1.54) is 7.05 Å². The van der Waals surface area contributed by atoms with E-state index in [4.69, 9.17) is 0 Å². The fourth-order valence-electron chi connectivity index (χ4n) is 1.33. The molecule has 0 spiro atoms. The molecule has 0 aromatic carbocycles. The lowest BCUT2D eigenvalue weighted by Crippen LogP contribution is -2.11. The van der Waals surface area contributed by atoms with Crippen LogP contribution in [0.15, 0.2) is 24.4 Å². The Kier molecular flexibility index (Phi) is 2.74. The standard InChI is InChI=1S/C10H9F3N4/c1-14-9-16-7(6-3-2-4-15-6)5-8(17-9)10(11,12)13/h2-5,15H,1H3,(H,14,16,17). The minimum absolute atomic E-state index is 0.0653. The monoisotopic (exact) mass is 242 g/mol. The van der Waals surface area contributed by atoms with Crippen LogP contribution in [0.3, 0.4) is 0 Å². The Hall–Kier alpha value is -2.05. The third-order valence-corrected chi connectivity index (χ3v) is 2.11. The van der Waals surface area contributed by atoms with E-state index in [1.807, 2.05) is 0 Å². The van der Waals surface area contributed by atoms with Crippen molar-refractivity contribution in [3.63, 3.8) is 0 Å². The van der Waals surface area contributed by atoms with Crippen LogP contribution in [0.1, 0.15) is 5.69 Å². The van der Waals surface area contributed by atoms with Crippen molar-refractivity contribution in [3.8, 4) is 11.4 Å². The van der Waals surface area contributed by atoms with Crippen LogP contribution in [0.4, 0.5) is 19.1 Å². The van der Waals surface area contributed by atoms with Gasteiger partial charge in [0.05, 0.1) is 11.4 Å². The van der Waals surface area contributed by atoms with Gasteiger partial charge >= 0.3 is 6.18 Å². The molecule has 2 rings (SSSR count). The maximum Gasteiger partial charge on any atom is 0.433 e. The zero-order valence-electron chi connectivity index (χ0n) is 8.84. The van der Waals surface area contributed by atoms with Crippen LogP contribution in [-0.4, -0.2) is 22.0 Å². The molecule has 2 heterocycles. The summed E-state index contributed by atoms with van der Waals surface area (Å²) >= 11 is 0. The van der Waals surface area contributed by atoms with Crippen molar-refractivity contribution in [1.82, 2.24) is 15.0 Å². The van der Waals surface area contributed by atoms with Gasteiger partial charge in [0.15, 0.2) is 5.69 Å². The molecule has 0 unspecified atom stereocenters. The fourth-order valence-corrected chi connectivity index (χ4v) is 1.33. The van der Waals surface area contributed by atoms with E-state index in [2.05, 4.69) is 20.3 Å². The van der Waals surface area contributed by atoms with E-state index >= 15 is 0 Å². The highest BCUT2D eigenvalue weighted by molar-refractivity contribution is 5.56. The summed E-state index contributed by atoms with van der Waals surface area (Å²) in [5, 5.41) is 2.51. The minimum Gasteiger partial charge on any atom is -0.360 e. The van der Waals surface area contributed by atoms with Crippen LogP contribution < -0.4 is 5.32 Å². The lowest BCUT2D eigenvalue weighted by Gasteiger charge is -2.09. The van der Waals surface area contributed by atoms with Crippen molar-refractivity contribution in [2.24, 2.45) is 0 Å². The van der Waals surface area contributed by atoms with Gasteiger partial charge in [-0.2, -0.15) is 13.2 Å². The van der Waals surface area contributed by atoms with Gasteiger partial charge < -0.3 is 10.3 Å². The number of hydrogen-bond acceptors (Lipinski definition) is 3. The molecule has 0 saturated heterocycles. The van der Waals surface area contributed by atoms with Gasteiger partial charge in [0, 0.05) is 13.2 Å². The third-order valence-electron chi connectivity index (χ3n) is 2.11. The third kappa shape index (κ3) is 2.38. The van der Waals surface area contributed by atoms with Crippen LogP contribution in [0.5, 0.6) is 0 Å². The van der Waals surface area contributed by atoms with Crippen molar-refractivity contribution < 1.29 is 13.2 Å². The van der Waals surface area contributed by atoms with E-state index in [1.54, 1.807) is 18.3 Å². The van der Waals surface area contributed by atoms with Crippen molar-refractivity contribution in [2.75, 3.05) is 12.4 Å². The average Bonchev–Trinajstić information content (AvgIpc) is 2.80. The molecule has 0 aliphatic heterocycles. The first-order valence-corrected chi connectivity index (χ1v) is 4.78. The Morgan fingerprint density at radius 3 is 2.59 bits per heavy atom. The summed E-state index contributed by atoms with van der Waals surface area (Å²) in [6.45, 7) is 0. The summed E-state index contributed by atoms with van der Waals surface area (Å²) in [4.78, 5) is 10.1. The molecular weight excluding hydrogens is 233 g/mol. The normalized spacial score (nSPS) is 11.5. The molecule has 0 bridgehead atoms. The van der Waals surface area contributed by atoms with E-state index in [0.717, 1.165) is 6.07 Å². The Bertz CT molecular complexity index is 505. The molecule has 0 radical (unpaired) electrons. The number of hydrogen-bond donors (Lipinski definition) is 2. The predicted molar refractivity (Wildman–Crippen MR) is 56.4 cm³/mol. The first-order valence-electron chi connectivity index (χ1n) is 4.78. The summed E-state index contributed by atoms with van der Waals surface area (Å²) in [6, 6.07) is 4.23. The van der Waals surface area contributed by atoms with Crippen molar-refractivity contribution >= 4 is 5.95 Å². The highest BCUT2D eigenvalue weighted by Crippen LogP contribution is 2.30. The predicted octanol–water partition coefficient (Wildman–Crippen LogP) is 2.53. The van der Waals surface area contributed by atoms with E-state index in [0.29, 0.717) is 5.69 Å². The van der Waals surface area contributed by atoms with Gasteiger partial charge in [-0.15, -0.1) is 0 Å². The molecule has 0 aliphatic carbocycles. The van der Waals surface area contributed by atoms with Crippen LogP contribution >= 0.6 is 0 Å². The molecular formula is C10H9F3N4. The Balaban J connectivity index is 2.54. The van der Waals surface area contributed by atoms with Crippen LogP contribution in [0, 0.1) is 0 Å². The van der Waals surface area contributed by atoms with Crippen LogP contribution in [0.25, 0.3) is 11.4 Å². The highest BCUT2D eigenvalue weighted by atomic mass is 19.4. The smallest absolute Gasteiger partial charge is 0.360 e. The maximum atomic E-state index is 12.6. The topological polar surface area (TPSA) is 53.6 Å². The quantitative estimate of drug-likeness (QED) is 0.850. The number of rotatable bonds is 2. The molecule has 0 aliphatic rings. The first kappa shape index (κ1) is 11.4. The van der Waals surface area contributed by atoms with Gasteiger partial charge in [0.1, 0.15) is 0 Å². The molecule has 0 amide bonds. The zero-order valence-corrected chi connectivity index (χ0v) is 8.84. The van der Waals surface area contributed by atoms with Gasteiger partial charge in [-0.1, -0.05) is 0 Å². The lowest BCUT2D eigenvalue weighted by molar-refractivity contribution is -0.141. The number of aromatic amines is 1. The van der Waals surface area contributed by atoms with Gasteiger partial charge in [-0.3, -0.25) is 0 Å². The number of nitrogens with zero attached hydrogens (tertiary/aromatic N) is 2. The van der Waals surface area contributed by atoms with Gasteiger partial charge in [0.25, 0.3) is 0 Å². The number of aromatic nitrogens is 3. The van der Waals surface area contributed by atoms with Crippen LogP contribution in [0.2, 0.25) is 0 Å². The summed E-state index contributed by atoms with van der Waals surface area (Å²) in [5.41, 5.74) is -0.266. The zero-order chi connectivity index (χ0) is 12.5. The second kappa shape index (κ2) is 4.08. The molecule has 4 nitrogen and oxygen atoms in total. The summed E-state index contributed by atoms with van der Waals surface area (Å²) in [5.74, 6) is -0.0653. The molecule has 0 fully saturated rings. The highest BCUT2D eigenvalue weighted by Gasteiger charge is 2.33. The maximum absolute atomic E-state index is 12.6. The SMILES string of the molecule is CNc1nc(-c2ccc[nH]2)cc(C(F)(F)F)n1. The summed E-state index contributed by atoms with van der Waals surface area (Å²) in [6.07, 6.45) is -2.88. The Morgan fingerprint density at radius 2 is 2.06 bits per heavy atom. The number of alkyl halides is 3.